The molecule has 0 bridgehead atoms. The summed E-state index contributed by atoms with van der Waals surface area (Å²) in [6, 6.07) is 11.5. The number of nitrogens with zero attached hydrogens (tertiary/aromatic N) is 1. The number of likely N-dealkylation sites (tertiary alicyclic amines) is 1. The summed E-state index contributed by atoms with van der Waals surface area (Å²) in [5.41, 5.74) is 2.10. The van der Waals surface area contributed by atoms with Gasteiger partial charge in [0.1, 0.15) is 5.00 Å². The van der Waals surface area contributed by atoms with E-state index in [-0.39, 0.29) is 11.9 Å². The zero-order chi connectivity index (χ0) is 22.7. The van der Waals surface area contributed by atoms with Crippen LogP contribution in [0.4, 0.5) is 5.00 Å². The van der Waals surface area contributed by atoms with E-state index in [4.69, 9.17) is 13.9 Å². The number of anilines is 1. The Labute approximate surface area is 193 Å². The number of aryl methyl sites for hydroxylation is 1. The molecule has 1 aliphatic rings. The molecule has 1 aromatic carbocycles. The Morgan fingerprint density at radius 2 is 1.94 bits per heavy atom. The highest BCUT2D eigenvalue weighted by molar-refractivity contribution is 7.16. The van der Waals surface area contributed by atoms with Gasteiger partial charge in [0, 0.05) is 16.0 Å². The number of para-hydroxylation sites is 1. The summed E-state index contributed by atoms with van der Waals surface area (Å²) < 4.78 is 16.7. The quantitative estimate of drug-likeness (QED) is 0.493. The van der Waals surface area contributed by atoms with Crippen molar-refractivity contribution in [3.63, 3.8) is 0 Å². The van der Waals surface area contributed by atoms with Gasteiger partial charge in [-0.2, -0.15) is 0 Å². The molecule has 170 valence electrons. The van der Waals surface area contributed by atoms with Crippen LogP contribution in [-0.4, -0.2) is 38.1 Å². The predicted molar refractivity (Wildman–Crippen MR) is 127 cm³/mol. The van der Waals surface area contributed by atoms with Gasteiger partial charge >= 0.3 is 0 Å². The van der Waals surface area contributed by atoms with E-state index in [1.165, 1.54) is 6.26 Å². The third-order valence-corrected chi connectivity index (χ3v) is 7.04. The van der Waals surface area contributed by atoms with Gasteiger partial charge in [0.2, 0.25) is 0 Å². The number of thiophene rings is 1. The number of carbonyl (C=O) groups excluding carboxylic acids is 1. The number of ether oxygens (including phenoxy) is 2. The molecule has 4 rings (SSSR count). The number of hydrogen-bond acceptors (Lipinski definition) is 6. The Kier molecular flexibility index (Phi) is 6.86. The third kappa shape index (κ3) is 4.54. The van der Waals surface area contributed by atoms with Crippen molar-refractivity contribution in [2.24, 2.45) is 5.92 Å². The molecular weight excluding hydrogens is 424 g/mol. The molecular formula is C25H30N2O4S. The van der Waals surface area contributed by atoms with E-state index in [0.717, 1.165) is 52.7 Å². The molecule has 1 N–H and O–H groups in total. The van der Waals surface area contributed by atoms with Gasteiger partial charge in [0.25, 0.3) is 5.91 Å². The van der Waals surface area contributed by atoms with E-state index < -0.39 is 0 Å². The highest BCUT2D eigenvalue weighted by atomic mass is 32.1. The zero-order valence-electron chi connectivity index (χ0n) is 19.0. The van der Waals surface area contributed by atoms with Gasteiger partial charge in [0.15, 0.2) is 17.3 Å². The number of carbonyl (C=O) groups is 1. The highest BCUT2D eigenvalue weighted by Crippen LogP contribution is 2.45. The average molecular weight is 455 g/mol. The van der Waals surface area contributed by atoms with E-state index in [9.17, 15) is 4.79 Å². The lowest BCUT2D eigenvalue weighted by Crippen LogP contribution is -2.37. The fourth-order valence-corrected chi connectivity index (χ4v) is 5.32. The van der Waals surface area contributed by atoms with Crippen molar-refractivity contribution in [1.82, 2.24) is 4.90 Å². The minimum atomic E-state index is -0.248. The number of rotatable bonds is 7. The number of nitrogens with one attached hydrogen (secondary N) is 1. The summed E-state index contributed by atoms with van der Waals surface area (Å²) in [5, 5.41) is 3.92. The molecule has 1 aliphatic heterocycles. The highest BCUT2D eigenvalue weighted by Gasteiger charge is 2.32. The van der Waals surface area contributed by atoms with Crippen molar-refractivity contribution in [3.8, 4) is 11.5 Å². The fraction of sp³-hybridized carbons (Fsp3) is 0.400. The minimum absolute atomic E-state index is 0.0654. The first-order valence-electron chi connectivity index (χ1n) is 10.9. The van der Waals surface area contributed by atoms with Crippen molar-refractivity contribution >= 4 is 22.2 Å². The zero-order valence-corrected chi connectivity index (χ0v) is 19.8. The van der Waals surface area contributed by atoms with E-state index in [2.05, 4.69) is 36.2 Å². The van der Waals surface area contributed by atoms with Crippen molar-refractivity contribution < 1.29 is 18.7 Å². The maximum atomic E-state index is 12.8. The van der Waals surface area contributed by atoms with Crippen LogP contribution < -0.4 is 14.8 Å². The summed E-state index contributed by atoms with van der Waals surface area (Å²) in [6.07, 6.45) is 3.79. The predicted octanol–water partition coefficient (Wildman–Crippen LogP) is 5.74. The number of hydrogen-bond donors (Lipinski definition) is 1. The fourth-order valence-electron chi connectivity index (χ4n) is 4.38. The number of methoxy groups -OCH3 is 2. The smallest absolute Gasteiger partial charge is 0.291 e. The molecule has 7 heteroatoms. The Balaban J connectivity index is 1.79. The van der Waals surface area contributed by atoms with E-state index in [1.807, 2.05) is 12.1 Å². The molecule has 0 unspecified atom stereocenters. The van der Waals surface area contributed by atoms with Gasteiger partial charge in [-0.1, -0.05) is 19.1 Å². The van der Waals surface area contributed by atoms with Gasteiger partial charge in [-0.05, 0) is 63.0 Å². The molecule has 3 heterocycles. The number of amides is 1. The molecule has 3 aromatic rings. The van der Waals surface area contributed by atoms with Crippen LogP contribution in [0.5, 0.6) is 11.5 Å². The molecule has 1 saturated heterocycles. The minimum Gasteiger partial charge on any atom is -0.493 e. The Morgan fingerprint density at radius 1 is 1.16 bits per heavy atom. The third-order valence-electron chi connectivity index (χ3n) is 6.06. The maximum absolute atomic E-state index is 12.8. The van der Waals surface area contributed by atoms with Crippen molar-refractivity contribution in [2.75, 3.05) is 32.6 Å². The summed E-state index contributed by atoms with van der Waals surface area (Å²) in [5.74, 6) is 2.19. The first-order chi connectivity index (χ1) is 15.5. The summed E-state index contributed by atoms with van der Waals surface area (Å²) >= 11 is 1.58. The summed E-state index contributed by atoms with van der Waals surface area (Å²) in [4.78, 5) is 16.4. The van der Waals surface area contributed by atoms with E-state index >= 15 is 0 Å². The lowest BCUT2D eigenvalue weighted by atomic mass is 9.92. The normalized spacial score (nSPS) is 16.0. The first kappa shape index (κ1) is 22.4. The molecule has 1 atom stereocenters. The molecule has 2 aromatic heterocycles. The van der Waals surface area contributed by atoms with Crippen LogP contribution >= 0.6 is 11.3 Å². The van der Waals surface area contributed by atoms with Gasteiger partial charge in [-0.25, -0.2) is 0 Å². The Hall–Kier alpha value is -2.77. The van der Waals surface area contributed by atoms with Crippen molar-refractivity contribution in [3.05, 3.63) is 64.4 Å². The topological polar surface area (TPSA) is 63.9 Å². The van der Waals surface area contributed by atoms with Gasteiger partial charge < -0.3 is 19.2 Å². The van der Waals surface area contributed by atoms with Crippen molar-refractivity contribution in [2.45, 2.75) is 32.7 Å². The van der Waals surface area contributed by atoms with Crippen LogP contribution in [0, 0.1) is 12.8 Å². The maximum Gasteiger partial charge on any atom is 0.291 e. The average Bonchev–Trinajstić information content (AvgIpc) is 3.45. The second-order valence-electron chi connectivity index (χ2n) is 8.28. The molecule has 6 nitrogen and oxygen atoms in total. The number of piperidine rings is 1. The number of furan rings is 1. The second kappa shape index (κ2) is 9.79. The summed E-state index contributed by atoms with van der Waals surface area (Å²) in [7, 11) is 3.33. The first-order valence-corrected chi connectivity index (χ1v) is 11.7. The standard InChI is InChI=1S/C25H30N2O4S/c1-16-10-12-27(13-11-16)22(18-7-5-8-20(29-3)23(18)30-4)19-15-17(2)32-25(19)26-24(28)21-9-6-14-31-21/h5-9,14-16,22H,10-13H2,1-4H3,(H,26,28)/t22-/m0/s1. The lowest BCUT2D eigenvalue weighted by molar-refractivity contribution is 0.0996. The van der Waals surface area contributed by atoms with Crippen LogP contribution in [0.15, 0.2) is 47.1 Å². The van der Waals surface area contributed by atoms with Gasteiger partial charge in [-0.3, -0.25) is 9.69 Å². The number of benzene rings is 1. The monoisotopic (exact) mass is 454 g/mol. The Morgan fingerprint density at radius 3 is 2.59 bits per heavy atom. The largest absolute Gasteiger partial charge is 0.493 e. The molecule has 32 heavy (non-hydrogen) atoms. The molecule has 0 aliphatic carbocycles. The van der Waals surface area contributed by atoms with Gasteiger partial charge in [0.05, 0.1) is 26.5 Å². The molecule has 0 saturated carbocycles. The molecule has 1 amide bonds. The van der Waals surface area contributed by atoms with Crippen molar-refractivity contribution in [1.29, 1.82) is 0 Å². The van der Waals surface area contributed by atoms with E-state index in [1.54, 1.807) is 37.7 Å². The second-order valence-corrected chi connectivity index (χ2v) is 9.53. The molecule has 1 fully saturated rings. The summed E-state index contributed by atoms with van der Waals surface area (Å²) in [6.45, 7) is 6.33. The van der Waals surface area contributed by atoms with Crippen LogP contribution in [0.3, 0.4) is 0 Å². The molecule has 0 spiro atoms. The van der Waals surface area contributed by atoms with Crippen LogP contribution in [0.1, 0.15) is 52.4 Å². The Bertz CT molecular complexity index is 1050. The SMILES string of the molecule is COc1cccc([C@@H](c2cc(C)sc2NC(=O)c2ccco2)N2CCC(C)CC2)c1OC. The van der Waals surface area contributed by atoms with Crippen LogP contribution in [0.25, 0.3) is 0 Å². The van der Waals surface area contributed by atoms with Crippen LogP contribution in [-0.2, 0) is 0 Å². The van der Waals surface area contributed by atoms with Gasteiger partial charge in [-0.15, -0.1) is 11.3 Å². The van der Waals surface area contributed by atoms with E-state index in [0.29, 0.717) is 17.4 Å². The van der Waals surface area contributed by atoms with Crippen LogP contribution in [0.2, 0.25) is 0 Å². The molecule has 0 radical (unpaired) electrons. The lowest BCUT2D eigenvalue weighted by Gasteiger charge is -2.38.